The first-order valence-corrected chi connectivity index (χ1v) is 10.7. The van der Waals surface area contributed by atoms with Crippen LogP contribution in [0, 0.1) is 0 Å². The number of aromatic nitrogens is 2. The number of nitrogens with one attached hydrogen (secondary N) is 1. The van der Waals surface area contributed by atoms with Crippen molar-refractivity contribution in [3.05, 3.63) is 47.3 Å². The van der Waals surface area contributed by atoms with Crippen molar-refractivity contribution in [1.82, 2.24) is 20.0 Å². The number of carbonyl (C=O) groups excluding carboxylic acids is 1. The highest BCUT2D eigenvalue weighted by molar-refractivity contribution is 14.0. The lowest BCUT2D eigenvalue weighted by molar-refractivity contribution is -0.119. The Hall–Kier alpha value is -2.10. The molecule has 0 bridgehead atoms. The highest BCUT2D eigenvalue weighted by Gasteiger charge is 2.19. The third-order valence-electron chi connectivity index (χ3n) is 5.49. The van der Waals surface area contributed by atoms with E-state index in [1.165, 1.54) is 5.56 Å². The molecule has 0 unspecified atom stereocenters. The van der Waals surface area contributed by atoms with Gasteiger partial charge in [0.25, 0.3) is 0 Å². The van der Waals surface area contributed by atoms with E-state index < -0.39 is 0 Å². The Morgan fingerprint density at radius 3 is 2.58 bits per heavy atom. The lowest BCUT2D eigenvalue weighted by Crippen LogP contribution is -2.38. The zero-order chi connectivity index (χ0) is 21.7. The summed E-state index contributed by atoms with van der Waals surface area (Å²) in [5, 5.41) is 8.03. The number of guanidine groups is 1. The molecule has 0 spiro atoms. The molecule has 0 aliphatic carbocycles. The fraction of sp³-hybridized carbons (Fsp3) is 0.522. The van der Waals surface area contributed by atoms with Crippen molar-refractivity contribution in [3.63, 3.8) is 0 Å². The number of nitrogens with zero attached hydrogens (tertiary/aromatic N) is 5. The monoisotopic (exact) mass is 538 g/mol. The number of aliphatic imine (C=N–C) groups is 1. The predicted octanol–water partition coefficient (Wildman–Crippen LogP) is 3.89. The van der Waals surface area contributed by atoms with Gasteiger partial charge in [-0.2, -0.15) is 5.10 Å². The Kier molecular flexibility index (Phi) is 9.33. The van der Waals surface area contributed by atoms with E-state index in [0.717, 1.165) is 48.8 Å². The molecule has 7 nitrogen and oxygen atoms in total. The molecule has 1 aliphatic rings. The number of hydrogen-bond donors (Lipinski definition) is 1. The second-order valence-corrected chi connectivity index (χ2v) is 8.29. The quantitative estimate of drug-likeness (QED) is 0.345. The third-order valence-corrected chi connectivity index (χ3v) is 5.49. The fourth-order valence-corrected chi connectivity index (χ4v) is 3.93. The van der Waals surface area contributed by atoms with Gasteiger partial charge in [0.15, 0.2) is 5.96 Å². The lowest BCUT2D eigenvalue weighted by atomic mass is 10.1. The molecule has 31 heavy (non-hydrogen) atoms. The van der Waals surface area contributed by atoms with Gasteiger partial charge >= 0.3 is 0 Å². The van der Waals surface area contributed by atoms with Crippen LogP contribution in [-0.2, 0) is 24.9 Å². The van der Waals surface area contributed by atoms with Gasteiger partial charge in [0, 0.05) is 64.6 Å². The standard InChI is InChI=1S/C23H34N6O.HI/c1-17(2)22-19(16-28(5)26-22)15-27(4)23(24-3)25-14-18-9-11-20(12-10-18)29-13-7-6-8-21(29)30;/h9-12,16-17H,6-8,13-15H2,1-5H3,(H,24,25);1H. The van der Waals surface area contributed by atoms with Crippen LogP contribution < -0.4 is 10.2 Å². The molecule has 170 valence electrons. The van der Waals surface area contributed by atoms with Gasteiger partial charge in [0.1, 0.15) is 0 Å². The summed E-state index contributed by atoms with van der Waals surface area (Å²) in [5.41, 5.74) is 4.49. The molecule has 1 aliphatic heterocycles. The summed E-state index contributed by atoms with van der Waals surface area (Å²) >= 11 is 0. The smallest absolute Gasteiger partial charge is 0.226 e. The minimum Gasteiger partial charge on any atom is -0.352 e. The van der Waals surface area contributed by atoms with Gasteiger partial charge in [0.05, 0.1) is 5.69 Å². The van der Waals surface area contributed by atoms with E-state index >= 15 is 0 Å². The van der Waals surface area contributed by atoms with Crippen molar-refractivity contribution < 1.29 is 4.79 Å². The SMILES string of the molecule is CN=C(NCc1ccc(N2CCCCC2=O)cc1)N(C)Cc1cn(C)nc1C(C)C.I. The number of amides is 1. The molecule has 2 heterocycles. The third kappa shape index (κ3) is 6.44. The first-order chi connectivity index (χ1) is 14.4. The molecule has 3 rings (SSSR count). The molecule has 1 N–H and O–H groups in total. The molecule has 8 heteroatoms. The number of halogens is 1. The summed E-state index contributed by atoms with van der Waals surface area (Å²) in [6.07, 6.45) is 4.82. The van der Waals surface area contributed by atoms with Gasteiger partial charge in [-0.1, -0.05) is 26.0 Å². The topological polar surface area (TPSA) is 65.8 Å². The van der Waals surface area contributed by atoms with Crippen LogP contribution in [0.2, 0.25) is 0 Å². The number of rotatable bonds is 6. The maximum Gasteiger partial charge on any atom is 0.226 e. The Morgan fingerprint density at radius 1 is 1.26 bits per heavy atom. The molecule has 0 atom stereocenters. The molecule has 1 saturated heterocycles. The Morgan fingerprint density at radius 2 is 1.97 bits per heavy atom. The summed E-state index contributed by atoms with van der Waals surface area (Å²) in [7, 11) is 5.80. The van der Waals surface area contributed by atoms with E-state index in [-0.39, 0.29) is 29.9 Å². The second-order valence-electron chi connectivity index (χ2n) is 8.29. The Balaban J connectivity index is 0.00000341. The minimum atomic E-state index is 0. The predicted molar refractivity (Wildman–Crippen MR) is 137 cm³/mol. The largest absolute Gasteiger partial charge is 0.352 e. The van der Waals surface area contributed by atoms with Crippen LogP contribution in [0.4, 0.5) is 5.69 Å². The molecular weight excluding hydrogens is 503 g/mol. The first-order valence-electron chi connectivity index (χ1n) is 10.7. The van der Waals surface area contributed by atoms with Crippen LogP contribution in [-0.4, -0.2) is 47.2 Å². The molecule has 0 radical (unpaired) electrons. The van der Waals surface area contributed by atoms with Gasteiger partial charge in [-0.3, -0.25) is 14.5 Å². The number of anilines is 1. The highest BCUT2D eigenvalue weighted by atomic mass is 127. The number of piperidine rings is 1. The zero-order valence-corrected chi connectivity index (χ0v) is 21.6. The van der Waals surface area contributed by atoms with Crippen LogP contribution in [0.3, 0.4) is 0 Å². The molecule has 1 aromatic heterocycles. The summed E-state index contributed by atoms with van der Waals surface area (Å²) in [4.78, 5) is 20.6. The molecule has 2 aromatic rings. The van der Waals surface area contributed by atoms with Crippen molar-refractivity contribution in [2.45, 2.75) is 52.1 Å². The van der Waals surface area contributed by atoms with E-state index in [4.69, 9.17) is 0 Å². The summed E-state index contributed by atoms with van der Waals surface area (Å²) in [6.45, 7) is 6.58. The summed E-state index contributed by atoms with van der Waals surface area (Å²) in [6, 6.07) is 8.24. The van der Waals surface area contributed by atoms with Crippen LogP contribution in [0.1, 0.15) is 55.8 Å². The van der Waals surface area contributed by atoms with Crippen LogP contribution >= 0.6 is 24.0 Å². The maximum absolute atomic E-state index is 12.1. The van der Waals surface area contributed by atoms with Crippen LogP contribution in [0.25, 0.3) is 0 Å². The van der Waals surface area contributed by atoms with Gasteiger partial charge in [-0.15, -0.1) is 24.0 Å². The molecular formula is C23H35IN6O. The van der Waals surface area contributed by atoms with Crippen molar-refractivity contribution in [2.75, 3.05) is 25.5 Å². The van der Waals surface area contributed by atoms with E-state index in [1.807, 2.05) is 35.8 Å². The van der Waals surface area contributed by atoms with Crippen LogP contribution in [0.5, 0.6) is 0 Å². The van der Waals surface area contributed by atoms with Gasteiger partial charge in [-0.05, 0) is 36.5 Å². The van der Waals surface area contributed by atoms with E-state index in [0.29, 0.717) is 18.9 Å². The van der Waals surface area contributed by atoms with E-state index in [1.54, 1.807) is 7.05 Å². The number of aryl methyl sites for hydroxylation is 1. The minimum absolute atomic E-state index is 0. The van der Waals surface area contributed by atoms with E-state index in [9.17, 15) is 4.79 Å². The normalized spacial score (nSPS) is 14.6. The highest BCUT2D eigenvalue weighted by Crippen LogP contribution is 2.21. The van der Waals surface area contributed by atoms with Gasteiger partial charge in [0.2, 0.25) is 5.91 Å². The molecule has 1 amide bonds. The fourth-order valence-electron chi connectivity index (χ4n) is 3.93. The lowest BCUT2D eigenvalue weighted by Gasteiger charge is -2.27. The molecule has 0 saturated carbocycles. The second kappa shape index (κ2) is 11.5. The zero-order valence-electron chi connectivity index (χ0n) is 19.3. The van der Waals surface area contributed by atoms with Crippen molar-refractivity contribution >= 4 is 41.5 Å². The average Bonchev–Trinajstić information content (AvgIpc) is 3.10. The number of hydrogen-bond acceptors (Lipinski definition) is 3. The maximum atomic E-state index is 12.1. The van der Waals surface area contributed by atoms with Gasteiger partial charge < -0.3 is 15.1 Å². The Bertz CT molecular complexity index is 890. The van der Waals surface area contributed by atoms with Crippen molar-refractivity contribution in [2.24, 2.45) is 12.0 Å². The summed E-state index contributed by atoms with van der Waals surface area (Å²) in [5.74, 6) is 1.45. The van der Waals surface area contributed by atoms with Crippen molar-refractivity contribution in [1.29, 1.82) is 0 Å². The van der Waals surface area contributed by atoms with E-state index in [2.05, 4.69) is 52.5 Å². The Labute approximate surface area is 202 Å². The average molecular weight is 538 g/mol. The number of benzene rings is 1. The van der Waals surface area contributed by atoms with Gasteiger partial charge in [-0.25, -0.2) is 0 Å². The first kappa shape index (κ1) is 25.2. The van der Waals surface area contributed by atoms with Crippen LogP contribution in [0.15, 0.2) is 35.5 Å². The van der Waals surface area contributed by atoms with Crippen molar-refractivity contribution in [3.8, 4) is 0 Å². The number of carbonyl (C=O) groups is 1. The molecule has 1 aromatic carbocycles. The summed E-state index contributed by atoms with van der Waals surface area (Å²) < 4.78 is 1.88. The molecule has 1 fully saturated rings.